The summed E-state index contributed by atoms with van der Waals surface area (Å²) in [4.78, 5) is 39.1. The summed E-state index contributed by atoms with van der Waals surface area (Å²) in [5.41, 5.74) is 4.59. The number of nitrogens with zero attached hydrogens (tertiary/aromatic N) is 1. The number of alkyl carbamates (subject to hydrolysis) is 1. The van der Waals surface area contributed by atoms with Crippen LogP contribution >= 0.6 is 0 Å². The lowest BCUT2D eigenvalue weighted by molar-refractivity contribution is -0.155. The van der Waals surface area contributed by atoms with Gasteiger partial charge in [-0.3, -0.25) is 4.79 Å². The number of aliphatic carboxylic acids is 1. The van der Waals surface area contributed by atoms with Gasteiger partial charge in [-0.1, -0.05) is 69.3 Å². The number of ether oxygens (including phenoxy) is 1. The van der Waals surface area contributed by atoms with Crippen molar-refractivity contribution in [1.29, 1.82) is 0 Å². The fraction of sp³-hybridized carbons (Fsp3) is 0.464. The number of likely N-dealkylation sites (tertiary alicyclic amines) is 1. The molecule has 0 bridgehead atoms. The highest BCUT2D eigenvalue weighted by Crippen LogP contribution is 2.44. The number of carboxylic acid groups (broad SMARTS) is 1. The first-order chi connectivity index (χ1) is 16.8. The number of fused-ring (bicyclic) bond motifs is 3. The average Bonchev–Trinajstić information content (AvgIpc) is 3.15. The number of rotatable bonds is 7. The largest absolute Gasteiger partial charge is 0.480 e. The van der Waals surface area contributed by atoms with E-state index in [4.69, 9.17) is 4.74 Å². The van der Waals surface area contributed by atoms with E-state index >= 15 is 0 Å². The molecule has 0 saturated carbocycles. The number of nitrogens with one attached hydrogen (secondary N) is 1. The predicted octanol–water partition coefficient (Wildman–Crippen LogP) is 4.65. The maximum Gasteiger partial charge on any atom is 0.407 e. The van der Waals surface area contributed by atoms with E-state index in [-0.39, 0.29) is 36.7 Å². The minimum Gasteiger partial charge on any atom is -0.480 e. The van der Waals surface area contributed by atoms with E-state index < -0.39 is 24.1 Å². The highest BCUT2D eigenvalue weighted by Gasteiger charge is 2.38. The van der Waals surface area contributed by atoms with E-state index in [1.54, 1.807) is 0 Å². The molecule has 3 atom stereocenters. The van der Waals surface area contributed by atoms with Crippen LogP contribution in [0.1, 0.15) is 57.1 Å². The molecule has 0 radical (unpaired) electrons. The van der Waals surface area contributed by atoms with Crippen LogP contribution in [0.2, 0.25) is 0 Å². The number of hydrogen-bond donors (Lipinski definition) is 2. The second kappa shape index (κ2) is 10.5. The average molecular weight is 479 g/mol. The van der Waals surface area contributed by atoms with Gasteiger partial charge in [0.05, 0.1) is 0 Å². The molecule has 4 rings (SSSR count). The zero-order valence-corrected chi connectivity index (χ0v) is 20.6. The summed E-state index contributed by atoms with van der Waals surface area (Å²) < 4.78 is 5.65. The number of carboxylic acids is 1. The minimum atomic E-state index is -0.976. The van der Waals surface area contributed by atoms with Crippen molar-refractivity contribution < 1.29 is 24.2 Å². The van der Waals surface area contributed by atoms with Crippen molar-refractivity contribution in [2.24, 2.45) is 11.8 Å². The molecule has 35 heavy (non-hydrogen) atoms. The summed E-state index contributed by atoms with van der Waals surface area (Å²) in [6.07, 6.45) is 1.04. The smallest absolute Gasteiger partial charge is 0.407 e. The van der Waals surface area contributed by atoms with Gasteiger partial charge in [0, 0.05) is 24.9 Å². The second-order valence-electron chi connectivity index (χ2n) is 10.0. The second-order valence-corrected chi connectivity index (χ2v) is 10.0. The Hall–Kier alpha value is -3.35. The zero-order chi connectivity index (χ0) is 25.1. The van der Waals surface area contributed by atoms with Gasteiger partial charge in [-0.05, 0) is 46.9 Å². The third kappa shape index (κ3) is 5.19. The summed E-state index contributed by atoms with van der Waals surface area (Å²) in [6.45, 7) is 6.34. The standard InChI is InChI=1S/C28H34N2O5/c1-17(2)24(15-25(31)30-14-8-9-18(3)26(30)27(32)33)29-28(34)35-16-23-21-12-6-4-10-19(21)20-11-5-7-13-22(20)23/h4-7,10-13,17-18,23-24,26H,8-9,14-16H2,1-3H3,(H,29,34)(H,32,33)/t18?,24-,26?/m1/s1. The first-order valence-electron chi connectivity index (χ1n) is 12.4. The molecule has 2 unspecified atom stereocenters. The van der Waals surface area contributed by atoms with Crippen molar-refractivity contribution >= 4 is 18.0 Å². The van der Waals surface area contributed by atoms with Gasteiger partial charge < -0.3 is 20.1 Å². The van der Waals surface area contributed by atoms with Crippen LogP contribution in [0.15, 0.2) is 48.5 Å². The molecule has 186 valence electrons. The first-order valence-corrected chi connectivity index (χ1v) is 12.4. The molecule has 2 amide bonds. The lowest BCUT2D eigenvalue weighted by Crippen LogP contribution is -2.53. The Morgan fingerprint density at radius 3 is 2.23 bits per heavy atom. The molecule has 2 aromatic rings. The number of carbonyl (C=O) groups excluding carboxylic acids is 2. The van der Waals surface area contributed by atoms with Gasteiger partial charge in [-0.15, -0.1) is 0 Å². The third-order valence-electron chi connectivity index (χ3n) is 7.35. The molecule has 0 spiro atoms. The summed E-state index contributed by atoms with van der Waals surface area (Å²) in [6, 6.07) is 15.0. The normalized spacial score (nSPS) is 20.2. The molecule has 7 heteroatoms. The molecular formula is C28H34N2O5. The van der Waals surface area contributed by atoms with E-state index in [2.05, 4.69) is 29.6 Å². The topological polar surface area (TPSA) is 95.9 Å². The van der Waals surface area contributed by atoms with Crippen molar-refractivity contribution in [1.82, 2.24) is 10.2 Å². The molecule has 7 nitrogen and oxygen atoms in total. The van der Waals surface area contributed by atoms with Gasteiger partial charge in [0.1, 0.15) is 12.6 Å². The zero-order valence-electron chi connectivity index (χ0n) is 20.6. The molecule has 2 aliphatic rings. The summed E-state index contributed by atoms with van der Waals surface area (Å²) in [7, 11) is 0. The predicted molar refractivity (Wildman–Crippen MR) is 133 cm³/mol. The maximum atomic E-state index is 13.1. The number of hydrogen-bond acceptors (Lipinski definition) is 4. The van der Waals surface area contributed by atoms with Crippen LogP contribution in [-0.4, -0.2) is 53.2 Å². The van der Waals surface area contributed by atoms with Crippen LogP contribution < -0.4 is 5.32 Å². The van der Waals surface area contributed by atoms with Crippen LogP contribution in [-0.2, 0) is 14.3 Å². The van der Waals surface area contributed by atoms with Crippen LogP contribution in [0, 0.1) is 11.8 Å². The summed E-state index contributed by atoms with van der Waals surface area (Å²) in [5.74, 6) is -1.39. The molecule has 1 fully saturated rings. The Morgan fingerprint density at radius 1 is 1.06 bits per heavy atom. The molecular weight excluding hydrogens is 444 g/mol. The number of amides is 2. The van der Waals surface area contributed by atoms with Crippen LogP contribution in [0.25, 0.3) is 11.1 Å². The van der Waals surface area contributed by atoms with Gasteiger partial charge in [0.25, 0.3) is 0 Å². The van der Waals surface area contributed by atoms with Crippen LogP contribution in [0.3, 0.4) is 0 Å². The molecule has 2 N–H and O–H groups in total. The Kier molecular flexibility index (Phi) is 7.43. The number of carbonyl (C=O) groups is 3. The highest BCUT2D eigenvalue weighted by atomic mass is 16.5. The minimum absolute atomic E-state index is 0.0232. The van der Waals surface area contributed by atoms with E-state index in [0.29, 0.717) is 6.54 Å². The van der Waals surface area contributed by atoms with Crippen LogP contribution in [0.4, 0.5) is 4.79 Å². The molecule has 2 aromatic carbocycles. The third-order valence-corrected chi connectivity index (χ3v) is 7.35. The lowest BCUT2D eigenvalue weighted by Gasteiger charge is -2.38. The van der Waals surface area contributed by atoms with E-state index in [9.17, 15) is 19.5 Å². The van der Waals surface area contributed by atoms with E-state index in [1.807, 2.05) is 45.0 Å². The maximum absolute atomic E-state index is 13.1. The van der Waals surface area contributed by atoms with Crippen molar-refractivity contribution in [2.75, 3.05) is 13.2 Å². The number of piperidine rings is 1. The first kappa shape index (κ1) is 24.8. The Morgan fingerprint density at radius 2 is 1.66 bits per heavy atom. The SMILES string of the molecule is CC1CCCN(C(=O)C[C@@H](NC(=O)OCC2c3ccccc3-c3ccccc32)C(C)C)C1C(=O)O. The summed E-state index contributed by atoms with van der Waals surface area (Å²) >= 11 is 0. The molecule has 0 aromatic heterocycles. The number of benzene rings is 2. The van der Waals surface area contributed by atoms with Crippen molar-refractivity contribution in [3.8, 4) is 11.1 Å². The highest BCUT2D eigenvalue weighted by molar-refractivity contribution is 5.85. The fourth-order valence-corrected chi connectivity index (χ4v) is 5.39. The monoisotopic (exact) mass is 478 g/mol. The van der Waals surface area contributed by atoms with E-state index in [0.717, 1.165) is 35.1 Å². The van der Waals surface area contributed by atoms with Gasteiger partial charge >= 0.3 is 12.1 Å². The van der Waals surface area contributed by atoms with Crippen LogP contribution in [0.5, 0.6) is 0 Å². The Bertz CT molecular complexity index is 1050. The van der Waals surface area contributed by atoms with Crippen molar-refractivity contribution in [3.63, 3.8) is 0 Å². The van der Waals surface area contributed by atoms with Gasteiger partial charge in [-0.2, -0.15) is 0 Å². The molecule has 1 saturated heterocycles. The fourth-order valence-electron chi connectivity index (χ4n) is 5.39. The molecule has 1 aliphatic heterocycles. The quantitative estimate of drug-likeness (QED) is 0.604. The van der Waals surface area contributed by atoms with Crippen molar-refractivity contribution in [3.05, 3.63) is 59.7 Å². The summed E-state index contributed by atoms with van der Waals surface area (Å²) in [5, 5.41) is 12.5. The Labute approximate surface area is 206 Å². The van der Waals surface area contributed by atoms with Gasteiger partial charge in [0.15, 0.2) is 0 Å². The lowest BCUT2D eigenvalue weighted by atomic mass is 9.90. The molecule has 1 aliphatic carbocycles. The van der Waals surface area contributed by atoms with E-state index in [1.165, 1.54) is 4.90 Å². The van der Waals surface area contributed by atoms with Gasteiger partial charge in [-0.25, -0.2) is 9.59 Å². The molecule has 1 heterocycles. The van der Waals surface area contributed by atoms with Crippen molar-refractivity contribution in [2.45, 2.75) is 58.0 Å². The Balaban J connectivity index is 1.39. The van der Waals surface area contributed by atoms with Gasteiger partial charge in [0.2, 0.25) is 5.91 Å².